The molecule has 2 aromatic rings. The molecule has 0 aliphatic heterocycles. The zero-order chi connectivity index (χ0) is 16.1. The molecule has 0 unspecified atom stereocenters. The van der Waals surface area contributed by atoms with Gasteiger partial charge in [0.1, 0.15) is 6.04 Å². The lowest BCUT2D eigenvalue weighted by Gasteiger charge is -2.17. The van der Waals surface area contributed by atoms with Gasteiger partial charge in [-0.05, 0) is 24.6 Å². The molecule has 2 aromatic carbocycles. The summed E-state index contributed by atoms with van der Waals surface area (Å²) < 4.78 is 0. The van der Waals surface area contributed by atoms with E-state index in [1.54, 1.807) is 55.5 Å². The van der Waals surface area contributed by atoms with E-state index < -0.39 is 12.0 Å². The summed E-state index contributed by atoms with van der Waals surface area (Å²) >= 11 is 6.02. The number of aliphatic carboxylic acids is 1. The molecule has 0 aliphatic rings. The first kappa shape index (κ1) is 16.0. The van der Waals surface area contributed by atoms with Crippen molar-refractivity contribution in [1.82, 2.24) is 0 Å². The summed E-state index contributed by atoms with van der Waals surface area (Å²) in [6.07, 6.45) is -0.134. The molecule has 0 fully saturated rings. The van der Waals surface area contributed by atoms with E-state index >= 15 is 0 Å². The van der Waals surface area contributed by atoms with Crippen LogP contribution >= 0.6 is 11.6 Å². The minimum absolute atomic E-state index is 0.134. The summed E-state index contributed by atoms with van der Waals surface area (Å²) in [6, 6.07) is 12.8. The number of hydrogen-bond acceptors (Lipinski definition) is 3. The largest absolute Gasteiger partial charge is 0.480 e. The van der Waals surface area contributed by atoms with Crippen LogP contribution < -0.4 is 5.32 Å². The molecule has 0 spiro atoms. The van der Waals surface area contributed by atoms with E-state index in [1.165, 1.54) is 0 Å². The molecule has 0 radical (unpaired) electrons. The second kappa shape index (κ2) is 7.09. The van der Waals surface area contributed by atoms with Gasteiger partial charge in [0, 0.05) is 22.7 Å². The molecule has 2 N–H and O–H groups in total. The van der Waals surface area contributed by atoms with E-state index in [0.29, 0.717) is 16.3 Å². The third-order valence-electron chi connectivity index (χ3n) is 3.38. The monoisotopic (exact) mass is 317 g/mol. The Kier molecular flexibility index (Phi) is 5.17. The number of Topliss-reactive ketones (excluding diaryl/α,β-unsaturated/α-hetero) is 1. The predicted octanol–water partition coefficient (Wildman–Crippen LogP) is 3.79. The number of ketones is 1. The maximum Gasteiger partial charge on any atom is 0.326 e. The highest BCUT2D eigenvalue weighted by Gasteiger charge is 2.22. The average molecular weight is 318 g/mol. The Hall–Kier alpha value is -2.33. The van der Waals surface area contributed by atoms with Gasteiger partial charge in [0.05, 0.1) is 0 Å². The van der Waals surface area contributed by atoms with Crippen LogP contribution in [0.5, 0.6) is 0 Å². The highest BCUT2D eigenvalue weighted by Crippen LogP contribution is 2.24. The molecule has 0 saturated carbocycles. The quantitative estimate of drug-likeness (QED) is 0.796. The number of halogens is 1. The van der Waals surface area contributed by atoms with Crippen molar-refractivity contribution in [2.75, 3.05) is 5.32 Å². The van der Waals surface area contributed by atoms with Crippen molar-refractivity contribution in [2.24, 2.45) is 0 Å². The Morgan fingerprint density at radius 2 is 1.82 bits per heavy atom. The Morgan fingerprint density at radius 3 is 2.45 bits per heavy atom. The molecular weight excluding hydrogens is 302 g/mol. The third kappa shape index (κ3) is 3.86. The van der Waals surface area contributed by atoms with Crippen molar-refractivity contribution >= 4 is 29.0 Å². The van der Waals surface area contributed by atoms with Crippen molar-refractivity contribution in [2.45, 2.75) is 19.4 Å². The zero-order valence-electron chi connectivity index (χ0n) is 12.0. The minimum atomic E-state index is -1.08. The van der Waals surface area contributed by atoms with Crippen LogP contribution in [0.25, 0.3) is 0 Å². The van der Waals surface area contributed by atoms with Gasteiger partial charge in [-0.1, -0.05) is 48.0 Å². The lowest BCUT2D eigenvalue weighted by molar-refractivity contribution is -0.137. The van der Waals surface area contributed by atoms with Crippen molar-refractivity contribution in [3.63, 3.8) is 0 Å². The normalized spacial score (nSPS) is 11.7. The number of carboxylic acid groups (broad SMARTS) is 1. The first-order chi connectivity index (χ1) is 10.5. The van der Waals surface area contributed by atoms with Gasteiger partial charge in [0.25, 0.3) is 0 Å². The van der Waals surface area contributed by atoms with Gasteiger partial charge in [0.15, 0.2) is 5.78 Å². The lowest BCUT2D eigenvalue weighted by Crippen LogP contribution is -2.32. The summed E-state index contributed by atoms with van der Waals surface area (Å²) in [5.41, 5.74) is 1.86. The first-order valence-electron chi connectivity index (χ1n) is 6.81. The number of hydrogen-bond donors (Lipinski definition) is 2. The number of rotatable bonds is 6. The SMILES string of the molecule is Cc1c(Cl)cccc1N[C@H](CC(=O)c1ccccc1)C(=O)O. The molecule has 4 nitrogen and oxygen atoms in total. The summed E-state index contributed by atoms with van der Waals surface area (Å²) in [7, 11) is 0. The van der Waals surface area contributed by atoms with E-state index in [9.17, 15) is 14.7 Å². The number of anilines is 1. The van der Waals surface area contributed by atoms with Crippen LogP contribution in [-0.2, 0) is 4.79 Å². The zero-order valence-corrected chi connectivity index (χ0v) is 12.8. The molecule has 114 valence electrons. The van der Waals surface area contributed by atoms with Gasteiger partial charge < -0.3 is 10.4 Å². The Labute approximate surface area is 133 Å². The van der Waals surface area contributed by atoms with Crippen LogP contribution in [0.3, 0.4) is 0 Å². The average Bonchev–Trinajstić information content (AvgIpc) is 2.51. The molecule has 5 heteroatoms. The standard InChI is InChI=1S/C17H16ClNO3/c1-11-13(18)8-5-9-14(11)19-15(17(21)22)10-16(20)12-6-3-2-4-7-12/h2-9,15,19H,10H2,1H3,(H,21,22)/t15-/m1/s1. The van der Waals surface area contributed by atoms with Crippen LogP contribution in [0, 0.1) is 6.92 Å². The van der Waals surface area contributed by atoms with E-state index in [1.807, 2.05) is 0 Å². The first-order valence-corrected chi connectivity index (χ1v) is 7.19. The molecular formula is C17H16ClNO3. The number of carbonyl (C=O) groups excluding carboxylic acids is 1. The van der Waals surface area contributed by atoms with Gasteiger partial charge in [0.2, 0.25) is 0 Å². The van der Waals surface area contributed by atoms with Gasteiger partial charge in [-0.15, -0.1) is 0 Å². The predicted molar refractivity (Wildman–Crippen MR) is 86.6 cm³/mol. The Balaban J connectivity index is 2.16. The molecule has 1 atom stereocenters. The molecule has 0 saturated heterocycles. The highest BCUT2D eigenvalue weighted by atomic mass is 35.5. The molecule has 0 heterocycles. The smallest absolute Gasteiger partial charge is 0.326 e. The minimum Gasteiger partial charge on any atom is -0.480 e. The van der Waals surface area contributed by atoms with Crippen LogP contribution in [0.2, 0.25) is 5.02 Å². The van der Waals surface area contributed by atoms with E-state index in [2.05, 4.69) is 5.32 Å². The van der Waals surface area contributed by atoms with Gasteiger partial charge >= 0.3 is 5.97 Å². The molecule has 2 rings (SSSR count). The lowest BCUT2D eigenvalue weighted by atomic mass is 10.0. The molecule has 0 bridgehead atoms. The number of benzene rings is 2. The summed E-state index contributed by atoms with van der Waals surface area (Å²) in [5, 5.41) is 12.8. The fourth-order valence-corrected chi connectivity index (χ4v) is 2.25. The third-order valence-corrected chi connectivity index (χ3v) is 3.79. The topological polar surface area (TPSA) is 66.4 Å². The molecule has 0 aliphatic carbocycles. The molecule has 22 heavy (non-hydrogen) atoms. The molecule has 0 amide bonds. The van der Waals surface area contributed by atoms with Crippen LogP contribution in [-0.4, -0.2) is 22.9 Å². The van der Waals surface area contributed by atoms with Crippen molar-refractivity contribution in [3.8, 4) is 0 Å². The van der Waals surface area contributed by atoms with E-state index in [4.69, 9.17) is 11.6 Å². The van der Waals surface area contributed by atoms with Gasteiger partial charge in [-0.3, -0.25) is 4.79 Å². The van der Waals surface area contributed by atoms with E-state index in [-0.39, 0.29) is 12.2 Å². The number of carboxylic acids is 1. The number of nitrogens with one attached hydrogen (secondary N) is 1. The van der Waals surface area contributed by atoms with Crippen molar-refractivity contribution in [3.05, 3.63) is 64.7 Å². The van der Waals surface area contributed by atoms with Crippen LogP contribution in [0.4, 0.5) is 5.69 Å². The Morgan fingerprint density at radius 1 is 1.14 bits per heavy atom. The summed E-state index contributed by atoms with van der Waals surface area (Å²) in [6.45, 7) is 1.79. The second-order valence-corrected chi connectivity index (χ2v) is 5.35. The highest BCUT2D eigenvalue weighted by molar-refractivity contribution is 6.31. The summed E-state index contributed by atoms with van der Waals surface area (Å²) in [5.74, 6) is -1.30. The van der Waals surface area contributed by atoms with E-state index in [0.717, 1.165) is 5.56 Å². The summed E-state index contributed by atoms with van der Waals surface area (Å²) in [4.78, 5) is 23.6. The molecule has 0 aromatic heterocycles. The Bertz CT molecular complexity index is 686. The fraction of sp³-hybridized carbons (Fsp3) is 0.176. The van der Waals surface area contributed by atoms with Crippen molar-refractivity contribution < 1.29 is 14.7 Å². The van der Waals surface area contributed by atoms with Crippen molar-refractivity contribution in [1.29, 1.82) is 0 Å². The van der Waals surface area contributed by atoms with Gasteiger partial charge in [-0.2, -0.15) is 0 Å². The van der Waals surface area contributed by atoms with Crippen LogP contribution in [0.15, 0.2) is 48.5 Å². The maximum absolute atomic E-state index is 12.2. The van der Waals surface area contributed by atoms with Gasteiger partial charge in [-0.25, -0.2) is 4.79 Å². The maximum atomic E-state index is 12.2. The second-order valence-electron chi connectivity index (χ2n) is 4.94. The van der Waals surface area contributed by atoms with Crippen LogP contribution in [0.1, 0.15) is 22.3 Å². The number of carbonyl (C=O) groups is 2. The fourth-order valence-electron chi connectivity index (χ4n) is 2.08.